The highest BCUT2D eigenvalue weighted by Gasteiger charge is 2.37. The van der Waals surface area contributed by atoms with Gasteiger partial charge in [0.2, 0.25) is 5.91 Å². The molecular weight excluding hydrogens is 220 g/mol. The Morgan fingerprint density at radius 1 is 1.53 bits per heavy atom. The molecule has 0 saturated carbocycles. The highest BCUT2D eigenvalue weighted by Crippen LogP contribution is 2.26. The van der Waals surface area contributed by atoms with E-state index in [1.165, 1.54) is 0 Å². The molecule has 0 spiro atoms. The van der Waals surface area contributed by atoms with Crippen molar-refractivity contribution in [2.75, 3.05) is 32.8 Å². The smallest absolute Gasteiger partial charge is 0.227 e. The van der Waals surface area contributed by atoms with Crippen LogP contribution in [-0.2, 0) is 9.53 Å². The molecule has 98 valence electrons. The number of hydrogen-bond acceptors (Lipinski definition) is 4. The molecule has 2 heterocycles. The molecule has 1 amide bonds. The second-order valence-electron chi connectivity index (χ2n) is 5.55. The second-order valence-corrected chi connectivity index (χ2v) is 5.55. The van der Waals surface area contributed by atoms with Gasteiger partial charge in [-0.2, -0.15) is 0 Å². The molecule has 0 aromatic carbocycles. The molecule has 5 nitrogen and oxygen atoms in total. The highest BCUT2D eigenvalue weighted by atomic mass is 16.5. The number of piperidine rings is 1. The van der Waals surface area contributed by atoms with Gasteiger partial charge in [-0.1, -0.05) is 0 Å². The number of amides is 1. The summed E-state index contributed by atoms with van der Waals surface area (Å²) in [6, 6.07) is 0. The van der Waals surface area contributed by atoms with Crippen LogP contribution in [0.1, 0.15) is 26.2 Å². The third kappa shape index (κ3) is 2.97. The van der Waals surface area contributed by atoms with Crippen molar-refractivity contribution in [2.24, 2.45) is 5.41 Å². The van der Waals surface area contributed by atoms with Crippen molar-refractivity contribution in [3.8, 4) is 0 Å². The van der Waals surface area contributed by atoms with E-state index in [-0.39, 0.29) is 11.3 Å². The van der Waals surface area contributed by atoms with E-state index in [0.29, 0.717) is 32.7 Å². The highest BCUT2D eigenvalue weighted by molar-refractivity contribution is 5.82. The molecule has 2 unspecified atom stereocenters. The number of rotatable bonds is 3. The van der Waals surface area contributed by atoms with Gasteiger partial charge >= 0.3 is 0 Å². The Balaban J connectivity index is 1.84. The topological polar surface area (TPSA) is 70.6 Å². The van der Waals surface area contributed by atoms with Crippen LogP contribution >= 0.6 is 0 Å². The fourth-order valence-electron chi connectivity index (χ4n) is 2.44. The van der Waals surface area contributed by atoms with E-state index in [1.807, 2.05) is 6.92 Å². The van der Waals surface area contributed by atoms with Gasteiger partial charge in [0.05, 0.1) is 12.0 Å². The van der Waals surface area contributed by atoms with Crippen LogP contribution in [0.2, 0.25) is 0 Å². The number of nitrogens with one attached hydrogen (secondary N) is 2. The van der Waals surface area contributed by atoms with Crippen molar-refractivity contribution in [3.63, 3.8) is 0 Å². The van der Waals surface area contributed by atoms with E-state index in [1.54, 1.807) is 0 Å². The van der Waals surface area contributed by atoms with Crippen molar-refractivity contribution in [1.82, 2.24) is 10.6 Å². The van der Waals surface area contributed by atoms with Gasteiger partial charge in [-0.05, 0) is 26.3 Å². The Labute approximate surface area is 102 Å². The maximum Gasteiger partial charge on any atom is 0.227 e. The second kappa shape index (κ2) is 4.92. The molecule has 2 aliphatic rings. The fourth-order valence-corrected chi connectivity index (χ4v) is 2.44. The molecule has 0 aliphatic carbocycles. The minimum atomic E-state index is -0.867. The number of hydrogen-bond donors (Lipinski definition) is 3. The standard InChI is InChI=1S/C12H22N2O3/c1-11(3-2-5-13-7-11)10(15)14-8-12(16)4-6-17-9-12/h13,16H,2-9H2,1H3,(H,14,15). The summed E-state index contributed by atoms with van der Waals surface area (Å²) in [6.07, 6.45) is 2.53. The normalized spacial score (nSPS) is 38.0. The third-order valence-corrected chi connectivity index (χ3v) is 3.81. The monoisotopic (exact) mass is 242 g/mol. The van der Waals surface area contributed by atoms with Crippen molar-refractivity contribution in [2.45, 2.75) is 31.8 Å². The van der Waals surface area contributed by atoms with Crippen LogP contribution in [0.25, 0.3) is 0 Å². The number of aliphatic hydroxyl groups is 1. The molecule has 17 heavy (non-hydrogen) atoms. The van der Waals surface area contributed by atoms with Crippen molar-refractivity contribution >= 4 is 5.91 Å². The summed E-state index contributed by atoms with van der Waals surface area (Å²) in [7, 11) is 0. The molecule has 2 rings (SSSR count). The molecule has 3 N–H and O–H groups in total. The predicted molar refractivity (Wildman–Crippen MR) is 63.6 cm³/mol. The van der Waals surface area contributed by atoms with Crippen LogP contribution < -0.4 is 10.6 Å². The molecule has 2 fully saturated rings. The van der Waals surface area contributed by atoms with E-state index in [4.69, 9.17) is 4.74 Å². The lowest BCUT2D eigenvalue weighted by Crippen LogP contribution is -2.52. The van der Waals surface area contributed by atoms with Gasteiger partial charge in [-0.25, -0.2) is 0 Å². The van der Waals surface area contributed by atoms with Gasteiger partial charge in [0.1, 0.15) is 5.60 Å². The SMILES string of the molecule is CC1(C(=O)NCC2(O)CCOC2)CCCNC1. The van der Waals surface area contributed by atoms with Crippen LogP contribution in [-0.4, -0.2) is 49.5 Å². The van der Waals surface area contributed by atoms with E-state index < -0.39 is 5.60 Å². The lowest BCUT2D eigenvalue weighted by molar-refractivity contribution is -0.132. The Kier molecular flexibility index (Phi) is 3.70. The lowest BCUT2D eigenvalue weighted by Gasteiger charge is -2.33. The van der Waals surface area contributed by atoms with E-state index in [9.17, 15) is 9.90 Å². The summed E-state index contributed by atoms with van der Waals surface area (Å²) in [6.45, 7) is 4.87. The van der Waals surface area contributed by atoms with Gasteiger partial charge in [-0.3, -0.25) is 4.79 Å². The molecule has 0 radical (unpaired) electrons. The molecule has 0 aromatic heterocycles. The minimum Gasteiger partial charge on any atom is -0.386 e. The predicted octanol–water partition coefficient (Wildman–Crippen LogP) is -0.356. The Hall–Kier alpha value is -0.650. The van der Waals surface area contributed by atoms with Gasteiger partial charge in [0.15, 0.2) is 0 Å². The first-order valence-corrected chi connectivity index (χ1v) is 6.33. The molecule has 2 atom stereocenters. The quantitative estimate of drug-likeness (QED) is 0.632. The van der Waals surface area contributed by atoms with Crippen LogP contribution in [0.15, 0.2) is 0 Å². The molecule has 5 heteroatoms. The Morgan fingerprint density at radius 3 is 2.94 bits per heavy atom. The molecular formula is C12H22N2O3. The summed E-state index contributed by atoms with van der Waals surface area (Å²) in [5.74, 6) is 0.0324. The number of carbonyl (C=O) groups is 1. The summed E-state index contributed by atoms with van der Waals surface area (Å²) < 4.78 is 5.15. The van der Waals surface area contributed by atoms with E-state index in [2.05, 4.69) is 10.6 Å². The lowest BCUT2D eigenvalue weighted by atomic mass is 9.82. The maximum absolute atomic E-state index is 12.1. The molecule has 2 saturated heterocycles. The fraction of sp³-hybridized carbons (Fsp3) is 0.917. The van der Waals surface area contributed by atoms with Crippen LogP contribution in [0.3, 0.4) is 0 Å². The van der Waals surface area contributed by atoms with Crippen LogP contribution in [0, 0.1) is 5.41 Å². The first-order valence-electron chi connectivity index (χ1n) is 6.33. The zero-order valence-electron chi connectivity index (χ0n) is 10.4. The minimum absolute atomic E-state index is 0.0324. The molecule has 0 aromatic rings. The zero-order chi connectivity index (χ0) is 12.4. The van der Waals surface area contributed by atoms with Gasteiger partial charge < -0.3 is 20.5 Å². The van der Waals surface area contributed by atoms with Gasteiger partial charge in [-0.15, -0.1) is 0 Å². The van der Waals surface area contributed by atoms with Crippen LogP contribution in [0.4, 0.5) is 0 Å². The average Bonchev–Trinajstić information content (AvgIpc) is 2.75. The maximum atomic E-state index is 12.1. The van der Waals surface area contributed by atoms with Crippen molar-refractivity contribution < 1.29 is 14.6 Å². The number of ether oxygens (including phenoxy) is 1. The van der Waals surface area contributed by atoms with Crippen molar-refractivity contribution in [1.29, 1.82) is 0 Å². The number of carbonyl (C=O) groups excluding carboxylic acids is 1. The van der Waals surface area contributed by atoms with E-state index >= 15 is 0 Å². The first kappa shape index (κ1) is 12.8. The summed E-state index contributed by atoms with van der Waals surface area (Å²) in [5.41, 5.74) is -1.21. The Bertz CT molecular complexity index is 281. The van der Waals surface area contributed by atoms with E-state index in [0.717, 1.165) is 19.4 Å². The average molecular weight is 242 g/mol. The molecule has 0 bridgehead atoms. The molecule has 2 aliphatic heterocycles. The summed E-state index contributed by atoms with van der Waals surface area (Å²) in [4.78, 5) is 12.1. The van der Waals surface area contributed by atoms with Gasteiger partial charge in [0.25, 0.3) is 0 Å². The zero-order valence-corrected chi connectivity index (χ0v) is 10.4. The Morgan fingerprint density at radius 2 is 2.35 bits per heavy atom. The largest absolute Gasteiger partial charge is 0.386 e. The van der Waals surface area contributed by atoms with Gasteiger partial charge in [0, 0.05) is 26.1 Å². The van der Waals surface area contributed by atoms with Crippen molar-refractivity contribution in [3.05, 3.63) is 0 Å². The summed E-state index contributed by atoms with van der Waals surface area (Å²) in [5, 5.41) is 16.2. The third-order valence-electron chi connectivity index (χ3n) is 3.81. The first-order chi connectivity index (χ1) is 8.04. The summed E-state index contributed by atoms with van der Waals surface area (Å²) >= 11 is 0. The van der Waals surface area contributed by atoms with Crippen LogP contribution in [0.5, 0.6) is 0 Å².